The monoisotopic (exact) mass is 425 g/mol. The van der Waals surface area contributed by atoms with Gasteiger partial charge in [-0.2, -0.15) is 0 Å². The number of carbonyl (C=O) groups is 1. The fraction of sp³-hybridized carbons (Fsp3) is 0.650. The zero-order valence-corrected chi connectivity index (χ0v) is 18.0. The first kappa shape index (κ1) is 22.2. The van der Waals surface area contributed by atoms with Crippen LogP contribution in [0.5, 0.6) is 0 Å². The van der Waals surface area contributed by atoms with Gasteiger partial charge < -0.3 is 14.8 Å². The SMILES string of the molecule is CCNS(=O)(=O)c1ccc(C)c(C(=O)NCC(C2CCOC2)N2CCOCC2)c1. The van der Waals surface area contributed by atoms with E-state index in [0.717, 1.165) is 31.7 Å². The molecule has 9 heteroatoms. The topological polar surface area (TPSA) is 97.0 Å². The molecule has 1 aromatic carbocycles. The zero-order chi connectivity index (χ0) is 20.9. The number of rotatable bonds is 8. The first-order valence-corrected chi connectivity index (χ1v) is 11.7. The number of benzene rings is 1. The van der Waals surface area contributed by atoms with Crippen molar-refractivity contribution in [3.63, 3.8) is 0 Å². The molecule has 0 aliphatic carbocycles. The predicted octanol–water partition coefficient (Wildman–Crippen LogP) is 0.760. The number of sulfonamides is 1. The maximum absolute atomic E-state index is 12.9. The summed E-state index contributed by atoms with van der Waals surface area (Å²) in [5, 5.41) is 3.03. The number of nitrogens with one attached hydrogen (secondary N) is 2. The minimum Gasteiger partial charge on any atom is -0.381 e. The number of hydrogen-bond donors (Lipinski definition) is 2. The summed E-state index contributed by atoms with van der Waals surface area (Å²) in [4.78, 5) is 15.4. The summed E-state index contributed by atoms with van der Waals surface area (Å²) in [6, 6.07) is 4.82. The summed E-state index contributed by atoms with van der Waals surface area (Å²) in [6.07, 6.45) is 0.980. The van der Waals surface area contributed by atoms with Crippen LogP contribution in [0.15, 0.2) is 23.1 Å². The van der Waals surface area contributed by atoms with Gasteiger partial charge in [0.05, 0.1) is 24.7 Å². The minimum atomic E-state index is -3.61. The Bertz CT molecular complexity index is 802. The Morgan fingerprint density at radius 3 is 2.66 bits per heavy atom. The summed E-state index contributed by atoms with van der Waals surface area (Å²) in [5.74, 6) is 0.114. The molecular formula is C20H31N3O5S. The fourth-order valence-corrected chi connectivity index (χ4v) is 5.00. The van der Waals surface area contributed by atoms with E-state index in [-0.39, 0.29) is 16.8 Å². The highest BCUT2D eigenvalue weighted by molar-refractivity contribution is 7.89. The lowest BCUT2D eigenvalue weighted by Gasteiger charge is -2.37. The van der Waals surface area contributed by atoms with Crippen molar-refractivity contribution in [2.75, 3.05) is 52.6 Å². The van der Waals surface area contributed by atoms with Gasteiger partial charge in [-0.3, -0.25) is 9.69 Å². The van der Waals surface area contributed by atoms with Crippen molar-refractivity contribution >= 4 is 15.9 Å². The molecule has 162 valence electrons. The number of carbonyl (C=O) groups excluding carboxylic acids is 1. The van der Waals surface area contributed by atoms with Gasteiger partial charge in [0.1, 0.15) is 0 Å². The van der Waals surface area contributed by atoms with E-state index >= 15 is 0 Å². The molecule has 3 rings (SSSR count). The zero-order valence-electron chi connectivity index (χ0n) is 17.1. The van der Waals surface area contributed by atoms with E-state index in [1.54, 1.807) is 13.0 Å². The van der Waals surface area contributed by atoms with Gasteiger partial charge in [-0.15, -0.1) is 0 Å². The summed E-state index contributed by atoms with van der Waals surface area (Å²) < 4.78 is 38.1. The Kier molecular flexibility index (Phi) is 7.64. The van der Waals surface area contributed by atoms with E-state index in [0.29, 0.717) is 44.4 Å². The summed E-state index contributed by atoms with van der Waals surface area (Å²) in [6.45, 7) is 8.84. The largest absolute Gasteiger partial charge is 0.381 e. The van der Waals surface area contributed by atoms with Crippen LogP contribution < -0.4 is 10.0 Å². The third-order valence-corrected chi connectivity index (χ3v) is 7.14. The molecule has 2 saturated heterocycles. The Labute approximate surface area is 173 Å². The van der Waals surface area contributed by atoms with Crippen molar-refractivity contribution in [2.24, 2.45) is 5.92 Å². The minimum absolute atomic E-state index is 0.101. The molecule has 2 atom stereocenters. The first-order valence-electron chi connectivity index (χ1n) is 10.2. The molecule has 2 heterocycles. The molecule has 2 N–H and O–H groups in total. The van der Waals surface area contributed by atoms with Crippen LogP contribution in [-0.4, -0.2) is 77.9 Å². The fourth-order valence-electron chi connectivity index (χ4n) is 3.94. The van der Waals surface area contributed by atoms with Gasteiger partial charge in [0.25, 0.3) is 5.91 Å². The van der Waals surface area contributed by atoms with Gasteiger partial charge in [0.2, 0.25) is 10.0 Å². The van der Waals surface area contributed by atoms with Crippen molar-refractivity contribution in [1.82, 2.24) is 14.9 Å². The van der Waals surface area contributed by atoms with Crippen LogP contribution in [0.3, 0.4) is 0 Å². The second-order valence-electron chi connectivity index (χ2n) is 7.53. The van der Waals surface area contributed by atoms with E-state index < -0.39 is 10.0 Å². The third-order valence-electron chi connectivity index (χ3n) is 5.59. The maximum Gasteiger partial charge on any atom is 0.251 e. The van der Waals surface area contributed by atoms with Crippen molar-refractivity contribution in [3.8, 4) is 0 Å². The number of amides is 1. The molecule has 0 radical (unpaired) electrons. The van der Waals surface area contributed by atoms with Gasteiger partial charge in [-0.25, -0.2) is 13.1 Å². The molecule has 2 aliphatic heterocycles. The van der Waals surface area contributed by atoms with Crippen LogP contribution in [0.2, 0.25) is 0 Å². The van der Waals surface area contributed by atoms with Crippen molar-refractivity contribution in [1.29, 1.82) is 0 Å². The van der Waals surface area contributed by atoms with Crippen LogP contribution >= 0.6 is 0 Å². The van der Waals surface area contributed by atoms with Crippen LogP contribution in [0.25, 0.3) is 0 Å². The van der Waals surface area contributed by atoms with Gasteiger partial charge in [-0.1, -0.05) is 13.0 Å². The van der Waals surface area contributed by atoms with Gasteiger partial charge >= 0.3 is 0 Å². The highest BCUT2D eigenvalue weighted by Crippen LogP contribution is 2.22. The Balaban J connectivity index is 1.72. The molecule has 2 aliphatic rings. The standard InChI is InChI=1S/C20H31N3O5S/c1-3-22-29(25,26)17-5-4-15(2)18(12-17)20(24)21-13-19(16-6-9-28-14-16)23-7-10-27-11-8-23/h4-5,12,16,19,22H,3,6-11,13-14H2,1-2H3,(H,21,24). The van der Waals surface area contributed by atoms with Gasteiger partial charge in [-0.05, 0) is 31.0 Å². The van der Waals surface area contributed by atoms with E-state index in [1.807, 2.05) is 6.92 Å². The van der Waals surface area contributed by atoms with Crippen LogP contribution in [0, 0.1) is 12.8 Å². The van der Waals surface area contributed by atoms with Gasteiger partial charge in [0, 0.05) is 50.3 Å². The number of nitrogens with zero attached hydrogens (tertiary/aromatic N) is 1. The quantitative estimate of drug-likeness (QED) is 0.638. The number of hydrogen-bond acceptors (Lipinski definition) is 6. The molecule has 8 nitrogen and oxygen atoms in total. The maximum atomic E-state index is 12.9. The molecule has 0 saturated carbocycles. The second-order valence-corrected chi connectivity index (χ2v) is 9.29. The van der Waals surface area contributed by atoms with Crippen LogP contribution in [0.4, 0.5) is 0 Å². The van der Waals surface area contributed by atoms with Gasteiger partial charge in [0.15, 0.2) is 0 Å². The van der Waals surface area contributed by atoms with E-state index in [2.05, 4.69) is 14.9 Å². The predicted molar refractivity (Wildman–Crippen MR) is 109 cm³/mol. The van der Waals surface area contributed by atoms with Crippen molar-refractivity contribution < 1.29 is 22.7 Å². The number of ether oxygens (including phenoxy) is 2. The van der Waals surface area contributed by atoms with E-state index in [4.69, 9.17) is 9.47 Å². The molecule has 0 bridgehead atoms. The number of morpholine rings is 1. The van der Waals surface area contributed by atoms with Crippen LogP contribution in [0.1, 0.15) is 29.3 Å². The molecule has 1 amide bonds. The highest BCUT2D eigenvalue weighted by Gasteiger charge is 2.32. The molecule has 0 aromatic heterocycles. The summed E-state index contributed by atoms with van der Waals surface area (Å²) in [7, 11) is -3.61. The molecule has 29 heavy (non-hydrogen) atoms. The Morgan fingerprint density at radius 2 is 2.00 bits per heavy atom. The smallest absolute Gasteiger partial charge is 0.251 e. The lowest BCUT2D eigenvalue weighted by molar-refractivity contribution is 0.00166. The lowest BCUT2D eigenvalue weighted by atomic mass is 9.96. The summed E-state index contributed by atoms with van der Waals surface area (Å²) >= 11 is 0. The average molecular weight is 426 g/mol. The number of aryl methyl sites for hydroxylation is 1. The normalized spacial score (nSPS) is 21.8. The summed E-state index contributed by atoms with van der Waals surface area (Å²) in [5.41, 5.74) is 1.12. The van der Waals surface area contributed by atoms with Crippen LogP contribution in [-0.2, 0) is 19.5 Å². The van der Waals surface area contributed by atoms with E-state index in [1.165, 1.54) is 12.1 Å². The highest BCUT2D eigenvalue weighted by atomic mass is 32.2. The molecule has 0 spiro atoms. The second kappa shape index (κ2) is 9.99. The molecular weight excluding hydrogens is 394 g/mol. The molecule has 2 unspecified atom stereocenters. The Hall–Kier alpha value is -1.52. The lowest BCUT2D eigenvalue weighted by Crippen LogP contribution is -2.52. The average Bonchev–Trinajstić information content (AvgIpc) is 3.23. The van der Waals surface area contributed by atoms with Crippen molar-refractivity contribution in [3.05, 3.63) is 29.3 Å². The molecule has 1 aromatic rings. The van der Waals surface area contributed by atoms with E-state index in [9.17, 15) is 13.2 Å². The Morgan fingerprint density at radius 1 is 1.24 bits per heavy atom. The third kappa shape index (κ3) is 5.55. The first-order chi connectivity index (χ1) is 13.9. The molecule has 2 fully saturated rings. The van der Waals surface area contributed by atoms with Crippen molar-refractivity contribution in [2.45, 2.75) is 31.2 Å².